The fraction of sp³-hybridized carbons (Fsp3) is 0.294. The van der Waals surface area contributed by atoms with Crippen LogP contribution in [-0.2, 0) is 16.1 Å². The van der Waals surface area contributed by atoms with Crippen LogP contribution in [0.15, 0.2) is 36.4 Å². The first-order valence-electron chi connectivity index (χ1n) is 7.60. The van der Waals surface area contributed by atoms with Crippen molar-refractivity contribution in [3.63, 3.8) is 0 Å². The van der Waals surface area contributed by atoms with Gasteiger partial charge in [-0.3, -0.25) is 14.5 Å². The highest BCUT2D eigenvalue weighted by molar-refractivity contribution is 7.16. The highest BCUT2D eigenvalue weighted by atomic mass is 35.5. The van der Waals surface area contributed by atoms with Gasteiger partial charge in [0.25, 0.3) is 0 Å². The van der Waals surface area contributed by atoms with Crippen LogP contribution in [0.5, 0.6) is 0 Å². The molecule has 0 spiro atoms. The molecule has 0 aliphatic heterocycles. The Hall–Kier alpha value is -1.89. The fourth-order valence-corrected chi connectivity index (χ4v) is 3.31. The van der Waals surface area contributed by atoms with Crippen LogP contribution in [0, 0.1) is 0 Å². The van der Waals surface area contributed by atoms with E-state index in [1.165, 1.54) is 18.3 Å². The van der Waals surface area contributed by atoms with Crippen LogP contribution in [0.25, 0.3) is 0 Å². The van der Waals surface area contributed by atoms with E-state index in [0.29, 0.717) is 24.5 Å². The number of nitrogens with one attached hydrogen (secondary N) is 2. The molecule has 0 saturated carbocycles. The lowest BCUT2D eigenvalue weighted by atomic mass is 10.2. The van der Waals surface area contributed by atoms with Crippen molar-refractivity contribution in [3.05, 3.63) is 45.6 Å². The summed E-state index contributed by atoms with van der Waals surface area (Å²) in [6.45, 7) is 5.24. The molecule has 0 radical (unpaired) electrons. The van der Waals surface area contributed by atoms with E-state index in [1.807, 2.05) is 24.0 Å². The number of carbonyl (C=O) groups is 2. The van der Waals surface area contributed by atoms with Crippen molar-refractivity contribution < 1.29 is 9.59 Å². The maximum Gasteiger partial charge on any atom is 0.238 e. The van der Waals surface area contributed by atoms with Gasteiger partial charge < -0.3 is 10.6 Å². The van der Waals surface area contributed by atoms with Crippen molar-refractivity contribution in [2.45, 2.75) is 20.4 Å². The van der Waals surface area contributed by atoms with Gasteiger partial charge >= 0.3 is 0 Å². The molecule has 0 aliphatic rings. The molecule has 1 heterocycles. The summed E-state index contributed by atoms with van der Waals surface area (Å²) in [7, 11) is 0. The van der Waals surface area contributed by atoms with E-state index in [9.17, 15) is 9.59 Å². The summed E-state index contributed by atoms with van der Waals surface area (Å²) < 4.78 is 0.754. The number of carbonyl (C=O) groups excluding carboxylic acids is 2. The van der Waals surface area contributed by atoms with Crippen molar-refractivity contribution >= 4 is 46.1 Å². The zero-order valence-corrected chi connectivity index (χ0v) is 15.2. The van der Waals surface area contributed by atoms with Crippen LogP contribution in [0.4, 0.5) is 11.4 Å². The van der Waals surface area contributed by atoms with E-state index >= 15 is 0 Å². The largest absolute Gasteiger partial charge is 0.326 e. The number of anilines is 2. The predicted molar refractivity (Wildman–Crippen MR) is 99.7 cm³/mol. The Morgan fingerprint density at radius 2 is 1.71 bits per heavy atom. The summed E-state index contributed by atoms with van der Waals surface area (Å²) >= 11 is 7.47. The van der Waals surface area contributed by atoms with Crippen LogP contribution < -0.4 is 10.6 Å². The molecule has 24 heavy (non-hydrogen) atoms. The number of hydrogen-bond acceptors (Lipinski definition) is 4. The van der Waals surface area contributed by atoms with Crippen LogP contribution in [-0.4, -0.2) is 29.8 Å². The molecular weight excluding hydrogens is 346 g/mol. The van der Waals surface area contributed by atoms with Crippen LogP contribution in [0.1, 0.15) is 18.7 Å². The summed E-state index contributed by atoms with van der Waals surface area (Å²) in [6.07, 6.45) is 0. The lowest BCUT2D eigenvalue weighted by Crippen LogP contribution is -2.32. The van der Waals surface area contributed by atoms with Gasteiger partial charge in [0, 0.05) is 29.7 Å². The fourth-order valence-electron chi connectivity index (χ4n) is 2.18. The minimum absolute atomic E-state index is 0.0771. The van der Waals surface area contributed by atoms with Gasteiger partial charge in [0.1, 0.15) is 0 Å². The summed E-state index contributed by atoms with van der Waals surface area (Å²) in [4.78, 5) is 26.4. The molecule has 0 saturated heterocycles. The van der Waals surface area contributed by atoms with E-state index < -0.39 is 0 Å². The Morgan fingerprint density at radius 1 is 1.08 bits per heavy atom. The number of nitrogens with zero attached hydrogens (tertiary/aromatic N) is 1. The molecule has 128 valence electrons. The highest BCUT2D eigenvalue weighted by Gasteiger charge is 2.11. The first-order chi connectivity index (χ1) is 11.5. The van der Waals surface area contributed by atoms with Gasteiger partial charge in [0.2, 0.25) is 11.8 Å². The highest BCUT2D eigenvalue weighted by Crippen LogP contribution is 2.22. The molecule has 0 unspecified atom stereocenters. The lowest BCUT2D eigenvalue weighted by molar-refractivity contribution is -0.117. The summed E-state index contributed by atoms with van der Waals surface area (Å²) in [5, 5.41) is 5.55. The number of thiophene rings is 1. The first kappa shape index (κ1) is 18.4. The molecule has 1 aromatic heterocycles. The number of benzene rings is 1. The van der Waals surface area contributed by atoms with Crippen LogP contribution >= 0.6 is 22.9 Å². The standard InChI is InChI=1S/C17H20ClN3O2S/c1-3-21(10-15-8-9-16(18)24-15)11-17(23)20-14-6-4-13(5-7-14)19-12(2)22/h4-9H,3,10-11H2,1-2H3,(H,19,22)(H,20,23). The molecule has 2 amide bonds. The number of rotatable bonds is 7. The van der Waals surface area contributed by atoms with Gasteiger partial charge in [-0.1, -0.05) is 18.5 Å². The Morgan fingerprint density at radius 3 is 2.21 bits per heavy atom. The monoisotopic (exact) mass is 365 g/mol. The molecule has 2 N–H and O–H groups in total. The van der Waals surface area contributed by atoms with Crippen molar-refractivity contribution in [3.8, 4) is 0 Å². The second kappa shape index (κ2) is 8.82. The smallest absolute Gasteiger partial charge is 0.238 e. The zero-order valence-electron chi connectivity index (χ0n) is 13.6. The van der Waals surface area contributed by atoms with E-state index in [4.69, 9.17) is 11.6 Å². The van der Waals surface area contributed by atoms with Crippen molar-refractivity contribution in [2.75, 3.05) is 23.7 Å². The first-order valence-corrected chi connectivity index (χ1v) is 8.79. The average molecular weight is 366 g/mol. The maximum absolute atomic E-state index is 12.2. The summed E-state index contributed by atoms with van der Waals surface area (Å²) in [5.74, 6) is -0.203. The van der Waals surface area contributed by atoms with Crippen molar-refractivity contribution in [2.24, 2.45) is 0 Å². The Kier molecular flexibility index (Phi) is 6.78. The number of hydrogen-bond donors (Lipinski definition) is 2. The minimum atomic E-state index is -0.126. The molecule has 2 aromatic rings. The molecule has 0 bridgehead atoms. The SMILES string of the molecule is CCN(CC(=O)Nc1ccc(NC(C)=O)cc1)Cc1ccc(Cl)s1. The number of amides is 2. The van der Waals surface area contributed by atoms with Crippen molar-refractivity contribution in [1.82, 2.24) is 4.90 Å². The second-order valence-electron chi connectivity index (χ2n) is 5.32. The van der Waals surface area contributed by atoms with E-state index in [1.54, 1.807) is 24.3 Å². The Balaban J connectivity index is 1.87. The summed E-state index contributed by atoms with van der Waals surface area (Å²) in [6, 6.07) is 10.9. The number of likely N-dealkylation sites (N-methyl/N-ethyl adjacent to an activating group) is 1. The van der Waals surface area contributed by atoms with Gasteiger partial charge in [-0.15, -0.1) is 11.3 Å². The van der Waals surface area contributed by atoms with Gasteiger partial charge in [0.15, 0.2) is 0 Å². The quantitative estimate of drug-likeness (QED) is 0.784. The molecule has 2 rings (SSSR count). The Bertz CT molecular complexity index is 700. The number of halogens is 1. The van der Waals surface area contributed by atoms with Crippen LogP contribution in [0.3, 0.4) is 0 Å². The molecular formula is C17H20ClN3O2S. The zero-order chi connectivity index (χ0) is 17.5. The molecule has 0 fully saturated rings. The predicted octanol–water partition coefficient (Wildman–Crippen LogP) is 3.82. The maximum atomic E-state index is 12.2. The molecule has 0 atom stereocenters. The van der Waals surface area contributed by atoms with Gasteiger partial charge in [-0.25, -0.2) is 0 Å². The Labute approximate surface area is 150 Å². The third-order valence-corrected chi connectivity index (χ3v) is 4.53. The molecule has 1 aromatic carbocycles. The van der Waals surface area contributed by atoms with Gasteiger partial charge in [-0.2, -0.15) is 0 Å². The normalized spacial score (nSPS) is 10.7. The van der Waals surface area contributed by atoms with Crippen molar-refractivity contribution in [1.29, 1.82) is 0 Å². The summed E-state index contributed by atoms with van der Waals surface area (Å²) in [5.41, 5.74) is 1.40. The third-order valence-electron chi connectivity index (χ3n) is 3.31. The van der Waals surface area contributed by atoms with Crippen LogP contribution in [0.2, 0.25) is 4.34 Å². The topological polar surface area (TPSA) is 61.4 Å². The van der Waals surface area contributed by atoms with Gasteiger partial charge in [-0.05, 0) is 42.9 Å². The lowest BCUT2D eigenvalue weighted by Gasteiger charge is -2.19. The van der Waals surface area contributed by atoms with Gasteiger partial charge in [0.05, 0.1) is 10.9 Å². The second-order valence-corrected chi connectivity index (χ2v) is 7.12. The van der Waals surface area contributed by atoms with E-state index in [0.717, 1.165) is 15.8 Å². The van der Waals surface area contributed by atoms with E-state index in [-0.39, 0.29) is 11.8 Å². The molecule has 0 aliphatic carbocycles. The average Bonchev–Trinajstić information content (AvgIpc) is 2.93. The molecule has 7 heteroatoms. The molecule has 5 nitrogen and oxygen atoms in total. The third kappa shape index (κ3) is 5.96. The minimum Gasteiger partial charge on any atom is -0.326 e. The van der Waals surface area contributed by atoms with E-state index in [2.05, 4.69) is 10.6 Å².